The van der Waals surface area contributed by atoms with E-state index < -0.39 is 30.1 Å². The molecule has 4 rings (SSSR count). The molecule has 1 aliphatic carbocycles. The Morgan fingerprint density at radius 1 is 1.06 bits per heavy atom. The molecule has 3 atom stereocenters. The van der Waals surface area contributed by atoms with E-state index in [0.717, 1.165) is 22.3 Å². The molecule has 2 aromatic rings. The van der Waals surface area contributed by atoms with Crippen LogP contribution < -0.4 is 5.32 Å². The Bertz CT molecular complexity index is 1010. The van der Waals surface area contributed by atoms with Crippen LogP contribution in [0.25, 0.3) is 11.1 Å². The van der Waals surface area contributed by atoms with Crippen LogP contribution in [0.15, 0.2) is 48.5 Å². The van der Waals surface area contributed by atoms with Gasteiger partial charge in [-0.05, 0) is 28.7 Å². The number of methoxy groups -OCH3 is 1. The highest BCUT2D eigenvalue weighted by Gasteiger charge is 2.41. The minimum atomic E-state index is -1.00. The number of likely N-dealkylation sites (tertiary alicyclic amines) is 1. The molecule has 8 nitrogen and oxygen atoms in total. The largest absolute Gasteiger partial charge is 0.481 e. The van der Waals surface area contributed by atoms with Gasteiger partial charge in [-0.25, -0.2) is 4.79 Å². The van der Waals surface area contributed by atoms with Crippen molar-refractivity contribution in [2.45, 2.75) is 31.4 Å². The number of hydrogen-bond acceptors (Lipinski definition) is 5. The van der Waals surface area contributed by atoms with Gasteiger partial charge in [-0.2, -0.15) is 0 Å². The van der Waals surface area contributed by atoms with Gasteiger partial charge in [0.1, 0.15) is 18.6 Å². The van der Waals surface area contributed by atoms with Gasteiger partial charge < -0.3 is 24.8 Å². The molecule has 0 saturated carbocycles. The lowest BCUT2D eigenvalue weighted by Crippen LogP contribution is -2.48. The Labute approximate surface area is 192 Å². The molecule has 1 saturated heterocycles. The first-order chi connectivity index (χ1) is 15.9. The number of carbonyl (C=O) groups excluding carboxylic acids is 2. The molecule has 8 heteroatoms. The zero-order valence-corrected chi connectivity index (χ0v) is 18.7. The second-order valence-electron chi connectivity index (χ2n) is 8.39. The molecule has 2 unspecified atom stereocenters. The molecule has 0 bridgehead atoms. The smallest absolute Gasteiger partial charge is 0.407 e. The Kier molecular flexibility index (Phi) is 6.65. The van der Waals surface area contributed by atoms with Crippen molar-refractivity contribution in [3.05, 3.63) is 59.7 Å². The molecule has 174 valence electrons. The van der Waals surface area contributed by atoms with E-state index in [-0.39, 0.29) is 31.5 Å². The molecule has 2 aliphatic rings. The second-order valence-corrected chi connectivity index (χ2v) is 8.39. The number of rotatable bonds is 7. The molecule has 1 heterocycles. The molecule has 0 aromatic heterocycles. The number of benzene rings is 2. The summed E-state index contributed by atoms with van der Waals surface area (Å²) in [4.78, 5) is 38.4. The van der Waals surface area contributed by atoms with Crippen LogP contribution >= 0.6 is 0 Å². The molecular formula is C25H28N2O6. The summed E-state index contributed by atoms with van der Waals surface area (Å²) in [6, 6.07) is 15.3. The summed E-state index contributed by atoms with van der Waals surface area (Å²) in [6.45, 7) is 2.16. The Hall–Kier alpha value is -3.39. The number of amides is 2. The van der Waals surface area contributed by atoms with Gasteiger partial charge in [0.25, 0.3) is 0 Å². The Morgan fingerprint density at radius 2 is 1.67 bits per heavy atom. The predicted molar refractivity (Wildman–Crippen MR) is 121 cm³/mol. The number of hydrogen-bond donors (Lipinski definition) is 2. The van der Waals surface area contributed by atoms with Crippen LogP contribution in [0.5, 0.6) is 0 Å². The van der Waals surface area contributed by atoms with E-state index in [1.165, 1.54) is 12.0 Å². The second kappa shape index (κ2) is 9.62. The maximum absolute atomic E-state index is 12.9. The maximum atomic E-state index is 12.9. The van der Waals surface area contributed by atoms with Crippen molar-refractivity contribution in [3.63, 3.8) is 0 Å². The van der Waals surface area contributed by atoms with E-state index >= 15 is 0 Å². The highest BCUT2D eigenvalue weighted by Crippen LogP contribution is 2.44. The first-order valence-electron chi connectivity index (χ1n) is 11.1. The Balaban J connectivity index is 1.38. The first kappa shape index (κ1) is 22.8. The van der Waals surface area contributed by atoms with Gasteiger partial charge in [0, 0.05) is 26.1 Å². The fourth-order valence-corrected chi connectivity index (χ4v) is 4.77. The Morgan fingerprint density at radius 3 is 2.18 bits per heavy atom. The number of ether oxygens (including phenoxy) is 2. The lowest BCUT2D eigenvalue weighted by Gasteiger charge is -2.23. The van der Waals surface area contributed by atoms with Gasteiger partial charge in [-0.15, -0.1) is 0 Å². The number of nitrogens with one attached hydrogen (secondary N) is 1. The van der Waals surface area contributed by atoms with Crippen LogP contribution in [-0.4, -0.2) is 66.9 Å². The first-order valence-corrected chi connectivity index (χ1v) is 11.1. The lowest BCUT2D eigenvalue weighted by molar-refractivity contribution is -0.144. The van der Waals surface area contributed by atoms with Gasteiger partial charge in [0.2, 0.25) is 5.91 Å². The lowest BCUT2D eigenvalue weighted by atomic mass is 9.98. The van der Waals surface area contributed by atoms with Crippen LogP contribution in [-0.2, 0) is 19.1 Å². The third-order valence-electron chi connectivity index (χ3n) is 6.54. The number of carboxylic acid groups (broad SMARTS) is 1. The van der Waals surface area contributed by atoms with Crippen molar-refractivity contribution in [2.75, 3.05) is 26.8 Å². The van der Waals surface area contributed by atoms with E-state index in [0.29, 0.717) is 6.42 Å². The maximum Gasteiger partial charge on any atom is 0.407 e. The monoisotopic (exact) mass is 452 g/mol. The van der Waals surface area contributed by atoms with Gasteiger partial charge in [-0.1, -0.05) is 55.5 Å². The molecule has 2 amide bonds. The standard InChI is InChI=1S/C25H28N2O6/c1-3-21(23(28)27-12-19(24(29)30)22(13-27)32-2)26-25(31)33-14-20-17-10-6-4-8-15(17)16-9-5-7-11-18(16)20/h4-11,19-22H,3,12-14H2,1-2H3,(H,26,31)(H,29,30)/t19?,21-,22?/m1/s1. The quantitative estimate of drug-likeness (QED) is 0.669. The topological polar surface area (TPSA) is 105 Å². The van der Waals surface area contributed by atoms with Crippen LogP contribution in [0.2, 0.25) is 0 Å². The molecule has 2 aromatic carbocycles. The number of aliphatic carboxylic acids is 1. The summed E-state index contributed by atoms with van der Waals surface area (Å²) in [7, 11) is 1.43. The minimum absolute atomic E-state index is 0.0511. The van der Waals surface area contributed by atoms with Crippen LogP contribution in [0, 0.1) is 5.92 Å². The van der Waals surface area contributed by atoms with Crippen molar-refractivity contribution < 1.29 is 29.0 Å². The van der Waals surface area contributed by atoms with Crippen LogP contribution in [0.3, 0.4) is 0 Å². The van der Waals surface area contributed by atoms with Gasteiger partial charge in [-0.3, -0.25) is 9.59 Å². The molecule has 1 aliphatic heterocycles. The van der Waals surface area contributed by atoms with Crippen molar-refractivity contribution in [2.24, 2.45) is 5.92 Å². The molecule has 2 N–H and O–H groups in total. The van der Waals surface area contributed by atoms with E-state index in [1.54, 1.807) is 6.92 Å². The van der Waals surface area contributed by atoms with Crippen molar-refractivity contribution in [1.29, 1.82) is 0 Å². The van der Waals surface area contributed by atoms with Crippen LogP contribution in [0.1, 0.15) is 30.4 Å². The number of nitrogens with zero attached hydrogens (tertiary/aromatic N) is 1. The SMILES string of the molecule is CC[C@@H](NC(=O)OCC1c2ccccc2-c2ccccc21)C(=O)N1CC(OC)C(C(=O)O)C1. The van der Waals surface area contributed by atoms with Gasteiger partial charge in [0.05, 0.1) is 6.10 Å². The summed E-state index contributed by atoms with van der Waals surface area (Å²) < 4.78 is 10.8. The number of fused-ring (bicyclic) bond motifs is 3. The highest BCUT2D eigenvalue weighted by molar-refractivity contribution is 5.87. The summed E-state index contributed by atoms with van der Waals surface area (Å²) in [6.07, 6.45) is -0.887. The van der Waals surface area contributed by atoms with E-state index in [9.17, 15) is 19.5 Å². The molecule has 0 spiro atoms. The fraction of sp³-hybridized carbons (Fsp3) is 0.400. The number of carbonyl (C=O) groups is 3. The van der Waals surface area contributed by atoms with E-state index in [2.05, 4.69) is 17.4 Å². The van der Waals surface area contributed by atoms with E-state index in [4.69, 9.17) is 9.47 Å². The van der Waals surface area contributed by atoms with Crippen LogP contribution in [0.4, 0.5) is 4.79 Å². The average Bonchev–Trinajstić information content (AvgIpc) is 3.40. The predicted octanol–water partition coefficient (Wildman–Crippen LogP) is 2.86. The molecule has 1 fully saturated rings. The number of alkyl carbamates (subject to hydrolysis) is 1. The third kappa shape index (κ3) is 4.43. The van der Waals surface area contributed by atoms with Gasteiger partial charge >= 0.3 is 12.1 Å². The normalized spacial score (nSPS) is 20.1. The zero-order valence-electron chi connectivity index (χ0n) is 18.7. The average molecular weight is 453 g/mol. The van der Waals surface area contributed by atoms with E-state index in [1.807, 2.05) is 36.4 Å². The summed E-state index contributed by atoms with van der Waals surface area (Å²) >= 11 is 0. The fourth-order valence-electron chi connectivity index (χ4n) is 4.77. The zero-order chi connectivity index (χ0) is 23.5. The summed E-state index contributed by atoms with van der Waals surface area (Å²) in [5.74, 6) is -2.20. The summed E-state index contributed by atoms with van der Waals surface area (Å²) in [5.41, 5.74) is 4.49. The summed E-state index contributed by atoms with van der Waals surface area (Å²) in [5, 5.41) is 12.0. The number of carboxylic acids is 1. The van der Waals surface area contributed by atoms with Gasteiger partial charge in [0.15, 0.2) is 0 Å². The molecule has 33 heavy (non-hydrogen) atoms. The third-order valence-corrected chi connectivity index (χ3v) is 6.54. The molecular weight excluding hydrogens is 424 g/mol. The molecule has 0 radical (unpaired) electrons. The van der Waals surface area contributed by atoms with Crippen molar-refractivity contribution >= 4 is 18.0 Å². The highest BCUT2D eigenvalue weighted by atomic mass is 16.5. The van der Waals surface area contributed by atoms with Crippen molar-refractivity contribution in [1.82, 2.24) is 10.2 Å². The van der Waals surface area contributed by atoms with Crippen molar-refractivity contribution in [3.8, 4) is 11.1 Å². The minimum Gasteiger partial charge on any atom is -0.481 e.